The number of carboxylic acid groups (broad SMARTS) is 1. The minimum Gasteiger partial charge on any atom is -0.479 e. The van der Waals surface area contributed by atoms with Crippen LogP contribution >= 0.6 is 11.3 Å². The Morgan fingerprint density at radius 3 is 2.61 bits per heavy atom. The molecule has 3 rings (SSSR count). The molecule has 1 aliphatic rings. The van der Waals surface area contributed by atoms with Gasteiger partial charge < -0.3 is 34.3 Å². The number of aliphatic hydroxyl groups is 3. The van der Waals surface area contributed by atoms with Gasteiger partial charge in [-0.2, -0.15) is 0 Å². The molecule has 124 valence electrons. The first kappa shape index (κ1) is 15.9. The van der Waals surface area contributed by atoms with Crippen LogP contribution in [0.4, 0.5) is 0 Å². The van der Waals surface area contributed by atoms with E-state index in [9.17, 15) is 24.9 Å². The average Bonchev–Trinajstić information content (AvgIpc) is 2.86. The topological polar surface area (TPSA) is 147 Å². The smallest absolute Gasteiger partial charge is 0.396 e. The van der Waals surface area contributed by atoms with Gasteiger partial charge in [-0.05, 0) is 12.1 Å². The molecule has 4 N–H and O–H groups in total. The molecule has 0 bridgehead atoms. The van der Waals surface area contributed by atoms with Gasteiger partial charge in [0.15, 0.2) is 11.7 Å². The van der Waals surface area contributed by atoms with E-state index in [0.29, 0.717) is 4.70 Å². The quantitative estimate of drug-likeness (QED) is 0.557. The van der Waals surface area contributed by atoms with Gasteiger partial charge in [0, 0.05) is 6.07 Å². The lowest BCUT2D eigenvalue weighted by Crippen LogP contribution is -2.61. The van der Waals surface area contributed by atoms with Crippen LogP contribution < -0.4 is 9.68 Å². The summed E-state index contributed by atoms with van der Waals surface area (Å²) in [6, 6.07) is 4.39. The van der Waals surface area contributed by atoms with Gasteiger partial charge in [-0.3, -0.25) is 0 Å². The van der Waals surface area contributed by atoms with Gasteiger partial charge in [0.05, 0.1) is 4.70 Å². The van der Waals surface area contributed by atoms with Crippen molar-refractivity contribution in [1.82, 2.24) is 0 Å². The lowest BCUT2D eigenvalue weighted by atomic mass is 9.99. The van der Waals surface area contributed by atoms with E-state index in [2.05, 4.69) is 0 Å². The van der Waals surface area contributed by atoms with Crippen LogP contribution in [0.1, 0.15) is 0 Å². The van der Waals surface area contributed by atoms with Crippen LogP contribution in [0.25, 0.3) is 10.3 Å². The van der Waals surface area contributed by atoms with Crippen LogP contribution in [-0.2, 0) is 9.53 Å². The Hall–Kier alpha value is -1.98. The number of aliphatic hydroxyl groups excluding tert-OH is 3. The van der Waals surface area contributed by atoms with Crippen molar-refractivity contribution in [2.24, 2.45) is 0 Å². The number of carbonyl (C=O) groups is 1. The maximum atomic E-state index is 11.2. The molecule has 1 aromatic heterocycles. The van der Waals surface area contributed by atoms with Crippen LogP contribution in [-0.4, -0.2) is 57.1 Å². The Balaban J connectivity index is 1.84. The van der Waals surface area contributed by atoms with Gasteiger partial charge >= 0.3 is 10.9 Å². The van der Waals surface area contributed by atoms with Crippen molar-refractivity contribution in [2.45, 2.75) is 30.7 Å². The highest BCUT2D eigenvalue weighted by Crippen LogP contribution is 2.27. The highest BCUT2D eigenvalue weighted by Gasteiger charge is 2.48. The predicted molar refractivity (Wildman–Crippen MR) is 75.3 cm³/mol. The predicted octanol–water partition coefficient (Wildman–Crippen LogP) is -0.875. The van der Waals surface area contributed by atoms with Crippen LogP contribution in [0, 0.1) is 0 Å². The van der Waals surface area contributed by atoms with E-state index in [0.717, 1.165) is 11.3 Å². The Bertz CT molecular complexity index is 781. The molecule has 1 saturated heterocycles. The fourth-order valence-corrected chi connectivity index (χ4v) is 2.86. The minimum absolute atomic E-state index is 0.135. The van der Waals surface area contributed by atoms with Crippen LogP contribution in [0.5, 0.6) is 5.75 Å². The average molecular weight is 344 g/mol. The van der Waals surface area contributed by atoms with E-state index >= 15 is 0 Å². The Labute approximate surface area is 131 Å². The maximum Gasteiger partial charge on any atom is 0.396 e. The molecule has 1 fully saturated rings. The molecule has 10 heteroatoms. The molecule has 1 aromatic carbocycles. The highest BCUT2D eigenvalue weighted by atomic mass is 32.1. The van der Waals surface area contributed by atoms with Gasteiger partial charge in [0.2, 0.25) is 6.29 Å². The van der Waals surface area contributed by atoms with E-state index in [1.165, 1.54) is 12.1 Å². The molecule has 2 aromatic rings. The van der Waals surface area contributed by atoms with Crippen molar-refractivity contribution in [3.8, 4) is 5.75 Å². The van der Waals surface area contributed by atoms with Crippen molar-refractivity contribution < 1.29 is 39.1 Å². The third kappa shape index (κ3) is 2.94. The van der Waals surface area contributed by atoms with Gasteiger partial charge in [-0.15, -0.1) is 0 Å². The van der Waals surface area contributed by atoms with Crippen LogP contribution in [0.2, 0.25) is 0 Å². The van der Waals surface area contributed by atoms with E-state index in [1.54, 1.807) is 6.07 Å². The number of hydrogen-bond acceptors (Lipinski definition) is 9. The summed E-state index contributed by atoms with van der Waals surface area (Å²) in [5.41, 5.74) is 0.262. The number of hydrogen-bond donors (Lipinski definition) is 4. The van der Waals surface area contributed by atoms with Crippen molar-refractivity contribution in [2.75, 3.05) is 0 Å². The third-order valence-electron chi connectivity index (χ3n) is 3.37. The number of benzene rings is 1. The van der Waals surface area contributed by atoms with Gasteiger partial charge in [-0.25, -0.2) is 9.59 Å². The first-order valence-corrected chi connectivity index (χ1v) is 7.31. The Kier molecular flexibility index (Phi) is 4.08. The maximum absolute atomic E-state index is 11.2. The summed E-state index contributed by atoms with van der Waals surface area (Å²) in [6.45, 7) is 0. The molecule has 0 aliphatic carbocycles. The molecule has 5 unspecified atom stereocenters. The summed E-state index contributed by atoms with van der Waals surface area (Å²) >= 11 is 0.903. The molecule has 2 heterocycles. The molecule has 1 aliphatic heterocycles. The summed E-state index contributed by atoms with van der Waals surface area (Å²) < 4.78 is 15.8. The highest BCUT2D eigenvalue weighted by molar-refractivity contribution is 7.16. The molecular weight excluding hydrogens is 332 g/mol. The Morgan fingerprint density at radius 1 is 1.17 bits per heavy atom. The van der Waals surface area contributed by atoms with E-state index < -0.39 is 41.6 Å². The monoisotopic (exact) mass is 344 g/mol. The van der Waals surface area contributed by atoms with Crippen molar-refractivity contribution in [1.29, 1.82) is 0 Å². The van der Waals surface area contributed by atoms with E-state index in [-0.39, 0.29) is 11.3 Å². The second-order valence-electron chi connectivity index (χ2n) is 4.92. The zero-order valence-corrected chi connectivity index (χ0v) is 12.2. The second kappa shape index (κ2) is 5.91. The minimum atomic E-state index is -1.79. The third-order valence-corrected chi connectivity index (χ3v) is 4.17. The van der Waals surface area contributed by atoms with Gasteiger partial charge in [0.25, 0.3) is 0 Å². The fourth-order valence-electron chi connectivity index (χ4n) is 2.21. The SMILES string of the molecule is O=C(O)C1OC(Oc2ccc3sc(=O)oc3c2)C(O)C(O)C1O. The summed E-state index contributed by atoms with van der Waals surface area (Å²) in [5.74, 6) is -1.37. The second-order valence-corrected chi connectivity index (χ2v) is 5.89. The normalized spacial score (nSPS) is 31.2. The standard InChI is InChI=1S/C13H12O9S/c14-7-8(15)10(11(17)18)22-12(9(7)16)20-4-1-2-6-5(3-4)21-13(19)23-6/h1-3,7-10,12,14-16H,(H,17,18). The zero-order chi connectivity index (χ0) is 16.7. The summed E-state index contributed by atoms with van der Waals surface area (Å²) in [7, 11) is 0. The number of rotatable bonds is 3. The van der Waals surface area contributed by atoms with Crippen molar-refractivity contribution in [3.63, 3.8) is 0 Å². The van der Waals surface area contributed by atoms with Crippen molar-refractivity contribution >= 4 is 27.6 Å². The van der Waals surface area contributed by atoms with Crippen LogP contribution in [0.3, 0.4) is 0 Å². The lowest BCUT2D eigenvalue weighted by Gasteiger charge is -2.38. The molecule has 0 spiro atoms. The number of aliphatic carboxylic acids is 1. The lowest BCUT2D eigenvalue weighted by molar-refractivity contribution is -0.271. The molecule has 23 heavy (non-hydrogen) atoms. The number of carboxylic acids is 1. The van der Waals surface area contributed by atoms with E-state index in [1.807, 2.05) is 0 Å². The van der Waals surface area contributed by atoms with E-state index in [4.69, 9.17) is 19.0 Å². The molecule has 5 atom stereocenters. The van der Waals surface area contributed by atoms with Gasteiger partial charge in [-0.1, -0.05) is 11.3 Å². The largest absolute Gasteiger partial charge is 0.479 e. The Morgan fingerprint density at radius 2 is 1.91 bits per heavy atom. The number of fused-ring (bicyclic) bond motifs is 1. The van der Waals surface area contributed by atoms with Crippen LogP contribution in [0.15, 0.2) is 27.4 Å². The molecule has 0 saturated carbocycles. The molecule has 0 amide bonds. The summed E-state index contributed by atoms with van der Waals surface area (Å²) in [4.78, 5) is 21.7. The fraction of sp³-hybridized carbons (Fsp3) is 0.385. The molecular formula is C13H12O9S. The van der Waals surface area contributed by atoms with Gasteiger partial charge in [0.1, 0.15) is 24.1 Å². The number of ether oxygens (including phenoxy) is 2. The van der Waals surface area contributed by atoms with Crippen molar-refractivity contribution in [3.05, 3.63) is 27.9 Å². The molecule has 0 radical (unpaired) electrons. The molecule has 9 nitrogen and oxygen atoms in total. The first-order chi connectivity index (χ1) is 10.9. The summed E-state index contributed by atoms with van der Waals surface area (Å²) in [6.07, 6.45) is -8.47. The summed E-state index contributed by atoms with van der Waals surface area (Å²) in [5, 5.41) is 38.1. The first-order valence-electron chi connectivity index (χ1n) is 6.49. The zero-order valence-electron chi connectivity index (χ0n) is 11.4.